The topological polar surface area (TPSA) is 75.7 Å². The molecule has 1 heterocycles. The smallest absolute Gasteiger partial charge is 0.265 e. The number of carbonyl (C=O) groups is 3. The third-order valence-corrected chi connectivity index (χ3v) is 4.93. The molecule has 1 aliphatic heterocycles. The average Bonchev–Trinajstić information content (AvgIpc) is 2.73. The van der Waals surface area contributed by atoms with Crippen LogP contribution in [0.25, 0.3) is 10.8 Å². The maximum absolute atomic E-state index is 12.6. The van der Waals surface area contributed by atoms with Crippen LogP contribution >= 0.6 is 0 Å². The molecule has 1 N–H and O–H groups in total. The summed E-state index contributed by atoms with van der Waals surface area (Å²) in [6.07, 6.45) is 0.124. The first kappa shape index (κ1) is 18.7. The van der Waals surface area contributed by atoms with Crippen LogP contribution < -0.4 is 15.0 Å². The largest absolute Gasteiger partial charge is 0.482 e. The summed E-state index contributed by atoms with van der Waals surface area (Å²) in [7, 11) is 0. The van der Waals surface area contributed by atoms with E-state index in [9.17, 15) is 14.4 Å². The Hall–Kier alpha value is -3.67. The van der Waals surface area contributed by atoms with Crippen molar-refractivity contribution in [3.8, 4) is 5.75 Å². The summed E-state index contributed by atoms with van der Waals surface area (Å²) in [6.45, 7) is 1.58. The summed E-state index contributed by atoms with van der Waals surface area (Å²) in [4.78, 5) is 38.1. The van der Waals surface area contributed by atoms with Gasteiger partial charge in [-0.25, -0.2) is 0 Å². The van der Waals surface area contributed by atoms with Crippen LogP contribution in [0.1, 0.15) is 23.7 Å². The number of nitrogens with zero attached hydrogens (tertiary/aromatic N) is 1. The van der Waals surface area contributed by atoms with Gasteiger partial charge in [0, 0.05) is 29.6 Å². The molecule has 4 rings (SSSR count). The molecule has 0 atom stereocenters. The molecule has 0 unspecified atom stereocenters. The summed E-state index contributed by atoms with van der Waals surface area (Å²) in [5, 5.41) is 4.93. The standard InChI is InChI=1S/C23H20N2O4/c1-15(26)17-9-10-21-20(13-17)25(23(28)14-29-21)12-11-22(27)24-19-8-4-6-16-5-2-3-7-18(16)19/h2-10,13H,11-12,14H2,1H3,(H,24,27). The van der Waals surface area contributed by atoms with Gasteiger partial charge in [0.1, 0.15) is 5.75 Å². The molecule has 0 spiro atoms. The third kappa shape index (κ3) is 3.82. The molecule has 0 saturated heterocycles. The van der Waals surface area contributed by atoms with Crippen LogP contribution in [0.5, 0.6) is 5.75 Å². The quantitative estimate of drug-likeness (QED) is 0.675. The van der Waals surface area contributed by atoms with Crippen LogP contribution in [-0.2, 0) is 9.59 Å². The molecule has 3 aromatic carbocycles. The summed E-state index contributed by atoms with van der Waals surface area (Å²) in [5.74, 6) is 0.00427. The zero-order valence-corrected chi connectivity index (χ0v) is 16.0. The molecule has 29 heavy (non-hydrogen) atoms. The zero-order chi connectivity index (χ0) is 20.4. The molecule has 0 radical (unpaired) electrons. The highest BCUT2D eigenvalue weighted by Gasteiger charge is 2.26. The van der Waals surface area contributed by atoms with Gasteiger partial charge in [0.15, 0.2) is 12.4 Å². The third-order valence-electron chi connectivity index (χ3n) is 4.93. The fraction of sp³-hybridized carbons (Fsp3) is 0.174. The lowest BCUT2D eigenvalue weighted by molar-refractivity contribution is -0.121. The van der Waals surface area contributed by atoms with Gasteiger partial charge < -0.3 is 15.0 Å². The van der Waals surface area contributed by atoms with Crippen LogP contribution in [0.15, 0.2) is 60.7 Å². The minimum absolute atomic E-state index is 0.0860. The minimum atomic E-state index is -0.240. The van der Waals surface area contributed by atoms with Gasteiger partial charge in [-0.3, -0.25) is 14.4 Å². The van der Waals surface area contributed by atoms with Crippen molar-refractivity contribution in [2.75, 3.05) is 23.4 Å². The molecule has 2 amide bonds. The normalized spacial score (nSPS) is 13.0. The summed E-state index contributed by atoms with van der Waals surface area (Å²) >= 11 is 0. The second-order valence-electron chi connectivity index (χ2n) is 6.90. The SMILES string of the molecule is CC(=O)c1ccc2c(c1)N(CCC(=O)Nc1cccc3ccccc13)C(=O)CO2. The number of nitrogens with one attached hydrogen (secondary N) is 1. The van der Waals surface area contributed by atoms with Gasteiger partial charge in [0.2, 0.25) is 5.91 Å². The van der Waals surface area contributed by atoms with Crippen LogP contribution in [0.2, 0.25) is 0 Å². The van der Waals surface area contributed by atoms with E-state index in [-0.39, 0.29) is 37.2 Å². The molecule has 0 saturated carbocycles. The summed E-state index contributed by atoms with van der Waals surface area (Å²) < 4.78 is 5.45. The van der Waals surface area contributed by atoms with Crippen molar-refractivity contribution in [2.24, 2.45) is 0 Å². The number of benzene rings is 3. The fourth-order valence-electron chi connectivity index (χ4n) is 3.43. The monoisotopic (exact) mass is 388 g/mol. The molecule has 0 aliphatic carbocycles. The Morgan fingerprint density at radius 2 is 1.86 bits per heavy atom. The van der Waals surface area contributed by atoms with Crippen molar-refractivity contribution in [1.29, 1.82) is 0 Å². The van der Waals surface area contributed by atoms with Crippen molar-refractivity contribution in [3.63, 3.8) is 0 Å². The fourth-order valence-corrected chi connectivity index (χ4v) is 3.43. The van der Waals surface area contributed by atoms with E-state index in [1.165, 1.54) is 11.8 Å². The van der Waals surface area contributed by atoms with Crippen molar-refractivity contribution in [2.45, 2.75) is 13.3 Å². The minimum Gasteiger partial charge on any atom is -0.482 e. The molecule has 3 aromatic rings. The predicted octanol–water partition coefficient (Wildman–Crippen LogP) is 3.80. The number of anilines is 2. The van der Waals surface area contributed by atoms with Crippen molar-refractivity contribution < 1.29 is 19.1 Å². The van der Waals surface area contributed by atoms with E-state index in [4.69, 9.17) is 4.74 Å². The second kappa shape index (κ2) is 7.75. The van der Waals surface area contributed by atoms with Gasteiger partial charge in [0.05, 0.1) is 5.69 Å². The van der Waals surface area contributed by atoms with E-state index in [0.717, 1.165) is 16.5 Å². The number of carbonyl (C=O) groups excluding carboxylic acids is 3. The lowest BCUT2D eigenvalue weighted by Gasteiger charge is -2.29. The van der Waals surface area contributed by atoms with Gasteiger partial charge >= 0.3 is 0 Å². The van der Waals surface area contributed by atoms with Gasteiger partial charge in [-0.1, -0.05) is 36.4 Å². The Balaban J connectivity index is 1.50. The molecule has 1 aliphatic rings. The highest BCUT2D eigenvalue weighted by molar-refractivity contribution is 6.04. The number of rotatable bonds is 5. The molecule has 6 nitrogen and oxygen atoms in total. The van der Waals surface area contributed by atoms with Crippen molar-refractivity contribution in [3.05, 3.63) is 66.2 Å². The predicted molar refractivity (Wildman–Crippen MR) is 111 cm³/mol. The van der Waals surface area contributed by atoms with E-state index in [1.807, 2.05) is 42.5 Å². The maximum Gasteiger partial charge on any atom is 0.265 e. The van der Waals surface area contributed by atoms with Crippen molar-refractivity contribution in [1.82, 2.24) is 0 Å². The molecule has 6 heteroatoms. The highest BCUT2D eigenvalue weighted by Crippen LogP contribution is 2.33. The number of hydrogen-bond acceptors (Lipinski definition) is 4. The first-order chi connectivity index (χ1) is 14.0. The van der Waals surface area contributed by atoms with E-state index >= 15 is 0 Å². The van der Waals surface area contributed by atoms with Gasteiger partial charge in [-0.15, -0.1) is 0 Å². The number of hydrogen-bond donors (Lipinski definition) is 1. The second-order valence-corrected chi connectivity index (χ2v) is 6.90. The Bertz CT molecular complexity index is 1120. The van der Waals surface area contributed by atoms with E-state index < -0.39 is 0 Å². The Labute approximate surface area is 168 Å². The number of ketones is 1. The van der Waals surface area contributed by atoms with E-state index in [1.54, 1.807) is 18.2 Å². The maximum atomic E-state index is 12.6. The highest BCUT2D eigenvalue weighted by atomic mass is 16.5. The lowest BCUT2D eigenvalue weighted by Crippen LogP contribution is -2.40. The van der Waals surface area contributed by atoms with Crippen LogP contribution in [0, 0.1) is 0 Å². The van der Waals surface area contributed by atoms with Crippen LogP contribution in [0.3, 0.4) is 0 Å². The van der Waals surface area contributed by atoms with E-state index in [0.29, 0.717) is 17.0 Å². The molecule has 0 fully saturated rings. The average molecular weight is 388 g/mol. The molecule has 0 bridgehead atoms. The number of fused-ring (bicyclic) bond motifs is 2. The molecule has 0 aromatic heterocycles. The zero-order valence-electron chi connectivity index (χ0n) is 16.0. The Morgan fingerprint density at radius 3 is 2.69 bits per heavy atom. The number of ether oxygens (including phenoxy) is 1. The Kier molecular flexibility index (Phi) is 4.99. The van der Waals surface area contributed by atoms with Gasteiger partial charge in [-0.2, -0.15) is 0 Å². The van der Waals surface area contributed by atoms with Crippen LogP contribution in [-0.4, -0.2) is 30.7 Å². The van der Waals surface area contributed by atoms with Gasteiger partial charge in [0.25, 0.3) is 5.91 Å². The van der Waals surface area contributed by atoms with Gasteiger partial charge in [-0.05, 0) is 36.6 Å². The lowest BCUT2D eigenvalue weighted by atomic mass is 10.1. The summed E-state index contributed by atoms with van der Waals surface area (Å²) in [6, 6.07) is 18.5. The molecular formula is C23H20N2O4. The van der Waals surface area contributed by atoms with Crippen molar-refractivity contribution >= 4 is 39.7 Å². The number of amides is 2. The Morgan fingerprint density at radius 1 is 1.07 bits per heavy atom. The molecular weight excluding hydrogens is 368 g/mol. The first-order valence-electron chi connectivity index (χ1n) is 9.39. The van der Waals surface area contributed by atoms with Crippen LogP contribution in [0.4, 0.5) is 11.4 Å². The van der Waals surface area contributed by atoms with E-state index in [2.05, 4.69) is 5.32 Å². The molecule has 146 valence electrons. The number of Topliss-reactive ketones (excluding diaryl/α,β-unsaturated/α-hetero) is 1. The summed E-state index contributed by atoms with van der Waals surface area (Å²) in [5.41, 5.74) is 1.75. The first-order valence-corrected chi connectivity index (χ1v) is 9.39.